The zero-order valence-corrected chi connectivity index (χ0v) is 21.7. The smallest absolute Gasteiger partial charge is 0.255 e. The number of methoxy groups -OCH3 is 1. The van der Waals surface area contributed by atoms with Crippen LogP contribution < -0.4 is 10.1 Å². The Morgan fingerprint density at radius 2 is 1.97 bits per heavy atom. The summed E-state index contributed by atoms with van der Waals surface area (Å²) in [6, 6.07) is 12.5. The van der Waals surface area contributed by atoms with Crippen molar-refractivity contribution in [3.05, 3.63) is 63.1 Å². The van der Waals surface area contributed by atoms with E-state index in [9.17, 15) is 10.1 Å². The molecule has 5 nitrogen and oxygen atoms in total. The van der Waals surface area contributed by atoms with Crippen LogP contribution in [0.25, 0.3) is 0 Å². The first kappa shape index (κ1) is 27.3. The number of hydrogen-bond donors (Lipinski definition) is 1. The highest BCUT2D eigenvalue weighted by molar-refractivity contribution is 7.99. The van der Waals surface area contributed by atoms with Crippen LogP contribution in [-0.4, -0.2) is 43.8 Å². The van der Waals surface area contributed by atoms with E-state index in [1.54, 1.807) is 24.3 Å². The molecule has 0 saturated heterocycles. The summed E-state index contributed by atoms with van der Waals surface area (Å²) in [4.78, 5) is 12.9. The van der Waals surface area contributed by atoms with Gasteiger partial charge in [0.05, 0.1) is 28.3 Å². The molecule has 8 heteroatoms. The molecule has 0 aliphatic heterocycles. The highest BCUT2D eigenvalue weighted by atomic mass is 35.5. The number of amides is 1. The number of halogens is 2. The lowest BCUT2D eigenvalue weighted by atomic mass is 9.95. The second-order valence-electron chi connectivity index (χ2n) is 8.19. The Morgan fingerprint density at radius 1 is 1.21 bits per heavy atom. The summed E-state index contributed by atoms with van der Waals surface area (Å²) in [5.41, 5.74) is 1.60. The normalized spacial score (nSPS) is 12.2. The van der Waals surface area contributed by atoms with Gasteiger partial charge in [0.25, 0.3) is 5.91 Å². The van der Waals surface area contributed by atoms with Crippen molar-refractivity contribution < 1.29 is 14.3 Å². The van der Waals surface area contributed by atoms with Gasteiger partial charge in [-0.25, -0.2) is 0 Å². The number of thioether (sulfide) groups is 1. The summed E-state index contributed by atoms with van der Waals surface area (Å²) >= 11 is 14.1. The molecule has 0 spiro atoms. The number of benzene rings is 2. The second-order valence-corrected chi connectivity index (χ2v) is 10.5. The van der Waals surface area contributed by atoms with Crippen molar-refractivity contribution in [2.24, 2.45) is 0 Å². The van der Waals surface area contributed by atoms with Gasteiger partial charge in [0, 0.05) is 30.4 Å². The fourth-order valence-corrected chi connectivity index (χ4v) is 3.83. The molecule has 1 atom stereocenters. The summed E-state index contributed by atoms with van der Waals surface area (Å²) in [5, 5.41) is 13.2. The summed E-state index contributed by atoms with van der Waals surface area (Å²) in [6.45, 7) is 6.00. The molecule has 0 radical (unpaired) electrons. The highest BCUT2D eigenvalue weighted by Crippen LogP contribution is 2.29. The Hall–Kier alpha value is -1.91. The third-order valence-corrected chi connectivity index (χ3v) is 7.57. The van der Waals surface area contributed by atoms with Crippen LogP contribution >= 0.6 is 35.0 Å². The van der Waals surface area contributed by atoms with E-state index in [1.807, 2.05) is 30.0 Å². The quantitative estimate of drug-likeness (QED) is 0.339. The second kappa shape index (κ2) is 13.1. The number of nitrogens with zero attached hydrogens (tertiary/aromatic N) is 1. The molecule has 0 unspecified atom stereocenters. The monoisotopic (exact) mass is 508 g/mol. The standard InChI is InChI=1S/C25H30Cl2N2O3S/c1-25(2,33-4)11-13-32-12-10-19(17-8-9-21(26)22(27)14-17)16-29-24(30)20-7-5-6-18(15-28)23(20)31-3/h5-9,14,19H,10-13,16H2,1-4H3,(H,29,30)/t19-/m1/s1. The fourth-order valence-electron chi connectivity index (χ4n) is 3.24. The minimum absolute atomic E-state index is 0.0255. The van der Waals surface area contributed by atoms with Gasteiger partial charge in [-0.15, -0.1) is 0 Å². The summed E-state index contributed by atoms with van der Waals surface area (Å²) < 4.78 is 11.4. The van der Waals surface area contributed by atoms with Crippen LogP contribution in [0.1, 0.15) is 54.1 Å². The SMILES string of the molecule is COc1c(C#N)cccc1C(=O)NC[C@@H](CCOCCC(C)(C)SC)c1ccc(Cl)c(Cl)c1. The van der Waals surface area contributed by atoms with Crippen LogP contribution in [-0.2, 0) is 4.74 Å². The van der Waals surface area contributed by atoms with Gasteiger partial charge in [-0.2, -0.15) is 17.0 Å². The molecule has 0 aromatic heterocycles. The number of rotatable bonds is 12. The van der Waals surface area contributed by atoms with E-state index in [-0.39, 0.29) is 22.3 Å². The van der Waals surface area contributed by atoms with Crippen molar-refractivity contribution in [3.63, 3.8) is 0 Å². The van der Waals surface area contributed by atoms with Crippen LogP contribution in [0.5, 0.6) is 5.75 Å². The van der Waals surface area contributed by atoms with E-state index in [2.05, 4.69) is 25.4 Å². The first-order chi connectivity index (χ1) is 15.7. The Morgan fingerprint density at radius 3 is 2.61 bits per heavy atom. The Labute approximate surface area is 210 Å². The maximum Gasteiger partial charge on any atom is 0.255 e. The van der Waals surface area contributed by atoms with Gasteiger partial charge in [0.2, 0.25) is 0 Å². The van der Waals surface area contributed by atoms with Crippen molar-refractivity contribution in [1.82, 2.24) is 5.32 Å². The first-order valence-corrected chi connectivity index (χ1v) is 12.6. The Bertz CT molecular complexity index is 992. The molecule has 1 amide bonds. The van der Waals surface area contributed by atoms with E-state index in [0.717, 1.165) is 12.0 Å². The maximum absolute atomic E-state index is 12.9. The molecule has 0 bridgehead atoms. The van der Waals surface area contributed by atoms with Crippen LogP contribution in [0.2, 0.25) is 10.0 Å². The summed E-state index contributed by atoms with van der Waals surface area (Å²) in [7, 11) is 1.45. The molecule has 0 aliphatic rings. The number of hydrogen-bond acceptors (Lipinski definition) is 5. The van der Waals surface area contributed by atoms with Crippen LogP contribution in [0.15, 0.2) is 36.4 Å². The van der Waals surface area contributed by atoms with Crippen molar-refractivity contribution in [2.45, 2.75) is 37.4 Å². The summed E-state index contributed by atoms with van der Waals surface area (Å²) in [6.07, 6.45) is 3.76. The number of nitrogens with one attached hydrogen (secondary N) is 1. The number of carbonyl (C=O) groups is 1. The maximum atomic E-state index is 12.9. The van der Waals surface area contributed by atoms with E-state index in [1.165, 1.54) is 7.11 Å². The third-order valence-electron chi connectivity index (χ3n) is 5.52. The van der Waals surface area contributed by atoms with Gasteiger partial charge in [-0.1, -0.05) is 49.2 Å². The largest absolute Gasteiger partial charge is 0.495 e. The number of nitriles is 1. The van der Waals surface area contributed by atoms with Crippen LogP contribution in [0.4, 0.5) is 0 Å². The number of carbonyl (C=O) groups excluding carboxylic acids is 1. The van der Waals surface area contributed by atoms with Crippen molar-refractivity contribution >= 4 is 40.9 Å². The van der Waals surface area contributed by atoms with Gasteiger partial charge in [-0.05, 0) is 48.9 Å². The minimum Gasteiger partial charge on any atom is -0.495 e. The van der Waals surface area contributed by atoms with Gasteiger partial charge in [-0.3, -0.25) is 4.79 Å². The molecule has 2 aromatic carbocycles. The van der Waals surface area contributed by atoms with E-state index >= 15 is 0 Å². The van der Waals surface area contributed by atoms with Gasteiger partial charge in [0.1, 0.15) is 11.8 Å². The lowest BCUT2D eigenvalue weighted by molar-refractivity contribution is 0.0938. The topological polar surface area (TPSA) is 71.3 Å². The van der Waals surface area contributed by atoms with E-state index in [0.29, 0.717) is 47.4 Å². The lowest BCUT2D eigenvalue weighted by Gasteiger charge is -2.22. The van der Waals surface area contributed by atoms with Crippen molar-refractivity contribution in [2.75, 3.05) is 33.1 Å². The van der Waals surface area contributed by atoms with Crippen molar-refractivity contribution in [3.8, 4) is 11.8 Å². The zero-order valence-electron chi connectivity index (χ0n) is 19.4. The van der Waals surface area contributed by atoms with Crippen LogP contribution in [0.3, 0.4) is 0 Å². The van der Waals surface area contributed by atoms with Gasteiger partial charge >= 0.3 is 0 Å². The molecule has 0 saturated carbocycles. The molecular weight excluding hydrogens is 479 g/mol. The summed E-state index contributed by atoms with van der Waals surface area (Å²) in [5.74, 6) is -0.0672. The first-order valence-electron chi connectivity index (χ1n) is 10.7. The molecule has 0 fully saturated rings. The highest BCUT2D eigenvalue weighted by Gasteiger charge is 2.20. The number of ether oxygens (including phenoxy) is 2. The molecule has 2 rings (SSSR count). The van der Waals surface area contributed by atoms with E-state index < -0.39 is 0 Å². The molecule has 1 N–H and O–H groups in total. The molecule has 33 heavy (non-hydrogen) atoms. The van der Waals surface area contributed by atoms with E-state index in [4.69, 9.17) is 32.7 Å². The lowest BCUT2D eigenvalue weighted by Crippen LogP contribution is -2.29. The van der Waals surface area contributed by atoms with Crippen LogP contribution in [0, 0.1) is 11.3 Å². The molecule has 2 aromatic rings. The third kappa shape index (κ3) is 8.12. The molecule has 0 heterocycles. The minimum atomic E-state index is -0.309. The Kier molecular flexibility index (Phi) is 10.9. The molecule has 178 valence electrons. The van der Waals surface area contributed by atoms with Gasteiger partial charge < -0.3 is 14.8 Å². The Balaban J connectivity index is 2.08. The molecular formula is C25H30Cl2N2O3S. The van der Waals surface area contributed by atoms with Crippen molar-refractivity contribution in [1.29, 1.82) is 5.26 Å². The van der Waals surface area contributed by atoms with Gasteiger partial charge in [0.15, 0.2) is 0 Å². The zero-order chi connectivity index (χ0) is 24.4. The predicted octanol–water partition coefficient (Wildman–Crippen LogP) is 6.33. The number of para-hydroxylation sites is 1. The average molecular weight is 509 g/mol. The molecule has 0 aliphatic carbocycles. The average Bonchev–Trinajstić information content (AvgIpc) is 2.81. The predicted molar refractivity (Wildman–Crippen MR) is 137 cm³/mol. The fraction of sp³-hybridized carbons (Fsp3) is 0.440.